The molecule has 0 atom stereocenters. The van der Waals surface area contributed by atoms with Crippen molar-refractivity contribution in [3.8, 4) is 0 Å². The third-order valence-corrected chi connectivity index (χ3v) is 3.57. The molecule has 0 radical (unpaired) electrons. The molecule has 0 aliphatic heterocycles. The van der Waals surface area contributed by atoms with Crippen molar-refractivity contribution in [2.24, 2.45) is 5.73 Å². The second-order valence-electron chi connectivity index (χ2n) is 6.77. The lowest BCUT2D eigenvalue weighted by Crippen LogP contribution is -2.13. The van der Waals surface area contributed by atoms with E-state index in [0.717, 1.165) is 11.5 Å². The van der Waals surface area contributed by atoms with E-state index in [9.17, 15) is 9.59 Å². The molecule has 0 fully saturated rings. The van der Waals surface area contributed by atoms with Crippen molar-refractivity contribution in [2.45, 2.75) is 46.0 Å². The van der Waals surface area contributed by atoms with Crippen LogP contribution < -0.4 is 11.1 Å². The summed E-state index contributed by atoms with van der Waals surface area (Å²) in [6.45, 7) is 7.98. The summed E-state index contributed by atoms with van der Waals surface area (Å²) >= 11 is 0. The number of anilines is 1. The van der Waals surface area contributed by atoms with Crippen molar-refractivity contribution in [2.75, 3.05) is 5.32 Å². The number of rotatable bonds is 5. The van der Waals surface area contributed by atoms with Crippen LogP contribution in [-0.4, -0.2) is 16.8 Å². The minimum atomic E-state index is -0.497. The Balaban J connectivity index is 1.94. The maximum atomic E-state index is 12.1. The zero-order valence-electron chi connectivity index (χ0n) is 14.5. The molecule has 3 N–H and O–H groups in total. The van der Waals surface area contributed by atoms with Gasteiger partial charge in [0.1, 0.15) is 5.76 Å². The maximum absolute atomic E-state index is 12.1. The minimum Gasteiger partial charge on any atom is -0.445 e. The first-order chi connectivity index (χ1) is 11.2. The van der Waals surface area contributed by atoms with Gasteiger partial charge in [0.2, 0.25) is 11.8 Å². The lowest BCUT2D eigenvalue weighted by molar-refractivity contribution is -0.116. The standard InChI is InChI=1S/C18H23N3O3/c1-11-14(24-17(20-11)18(2,3)4)9-10-15(22)21-13-7-5-12(6-8-13)16(19)23/h5-8H,9-10H2,1-4H3,(H2,19,23)(H,21,22). The lowest BCUT2D eigenvalue weighted by atomic mass is 9.97. The van der Waals surface area contributed by atoms with E-state index in [1.807, 2.05) is 27.7 Å². The molecular formula is C18H23N3O3. The van der Waals surface area contributed by atoms with Crippen LogP contribution in [0, 0.1) is 6.92 Å². The summed E-state index contributed by atoms with van der Waals surface area (Å²) in [7, 11) is 0. The first-order valence-electron chi connectivity index (χ1n) is 7.83. The van der Waals surface area contributed by atoms with E-state index in [4.69, 9.17) is 10.2 Å². The first kappa shape index (κ1) is 17.7. The predicted octanol–water partition coefficient (Wildman–Crippen LogP) is 2.95. The Bertz CT molecular complexity index is 740. The zero-order valence-corrected chi connectivity index (χ0v) is 14.5. The number of hydrogen-bond acceptors (Lipinski definition) is 4. The predicted molar refractivity (Wildman–Crippen MR) is 91.9 cm³/mol. The molecule has 0 bridgehead atoms. The molecule has 6 nitrogen and oxygen atoms in total. The molecule has 0 saturated heterocycles. The highest BCUT2D eigenvalue weighted by molar-refractivity contribution is 5.94. The normalized spacial score (nSPS) is 11.3. The number of aryl methyl sites for hydroxylation is 2. The number of carbonyl (C=O) groups excluding carboxylic acids is 2. The van der Waals surface area contributed by atoms with Crippen molar-refractivity contribution in [3.63, 3.8) is 0 Å². The van der Waals surface area contributed by atoms with Crippen LogP contribution in [0.5, 0.6) is 0 Å². The highest BCUT2D eigenvalue weighted by atomic mass is 16.4. The number of primary amides is 1. The van der Waals surface area contributed by atoms with E-state index in [2.05, 4.69) is 10.3 Å². The van der Waals surface area contributed by atoms with Gasteiger partial charge in [0.05, 0.1) is 5.69 Å². The summed E-state index contributed by atoms with van der Waals surface area (Å²) in [6, 6.07) is 6.45. The number of nitrogens with two attached hydrogens (primary N) is 1. The van der Waals surface area contributed by atoms with Gasteiger partial charge < -0.3 is 15.5 Å². The van der Waals surface area contributed by atoms with Gasteiger partial charge >= 0.3 is 0 Å². The van der Waals surface area contributed by atoms with E-state index in [0.29, 0.717) is 23.6 Å². The molecule has 0 spiro atoms. The van der Waals surface area contributed by atoms with Crippen LogP contribution in [0.15, 0.2) is 28.7 Å². The highest BCUT2D eigenvalue weighted by Gasteiger charge is 2.22. The van der Waals surface area contributed by atoms with Gasteiger partial charge in [0, 0.05) is 29.5 Å². The van der Waals surface area contributed by atoms with Crippen LogP contribution in [-0.2, 0) is 16.6 Å². The van der Waals surface area contributed by atoms with Crippen molar-refractivity contribution in [1.29, 1.82) is 0 Å². The van der Waals surface area contributed by atoms with Crippen LogP contribution in [0.4, 0.5) is 5.69 Å². The SMILES string of the molecule is Cc1nc(C(C)(C)C)oc1CCC(=O)Nc1ccc(C(N)=O)cc1. The number of nitrogens with one attached hydrogen (secondary N) is 1. The van der Waals surface area contributed by atoms with Gasteiger partial charge in [-0.25, -0.2) is 4.98 Å². The van der Waals surface area contributed by atoms with Crippen LogP contribution >= 0.6 is 0 Å². The van der Waals surface area contributed by atoms with Crippen molar-refractivity contribution in [3.05, 3.63) is 47.2 Å². The number of aromatic nitrogens is 1. The fraction of sp³-hybridized carbons (Fsp3) is 0.389. The Hall–Kier alpha value is -2.63. The summed E-state index contributed by atoms with van der Waals surface area (Å²) in [4.78, 5) is 27.5. The minimum absolute atomic E-state index is 0.130. The number of hydrogen-bond donors (Lipinski definition) is 2. The maximum Gasteiger partial charge on any atom is 0.248 e. The van der Waals surface area contributed by atoms with E-state index in [1.165, 1.54) is 0 Å². The van der Waals surface area contributed by atoms with E-state index < -0.39 is 5.91 Å². The highest BCUT2D eigenvalue weighted by Crippen LogP contribution is 2.24. The van der Waals surface area contributed by atoms with Crippen LogP contribution in [0.3, 0.4) is 0 Å². The Kier molecular flexibility index (Phi) is 5.07. The van der Waals surface area contributed by atoms with Gasteiger partial charge in [0.25, 0.3) is 0 Å². The second-order valence-corrected chi connectivity index (χ2v) is 6.77. The average Bonchev–Trinajstić information content (AvgIpc) is 2.87. The molecule has 128 valence electrons. The molecule has 2 rings (SSSR count). The molecule has 6 heteroatoms. The molecule has 0 aliphatic carbocycles. The Morgan fingerprint density at radius 1 is 1.21 bits per heavy atom. The fourth-order valence-corrected chi connectivity index (χ4v) is 2.15. The number of nitrogens with zero attached hydrogens (tertiary/aromatic N) is 1. The van der Waals surface area contributed by atoms with Crippen molar-refractivity contribution in [1.82, 2.24) is 4.98 Å². The van der Waals surface area contributed by atoms with Gasteiger partial charge in [0.15, 0.2) is 5.89 Å². The monoisotopic (exact) mass is 329 g/mol. The first-order valence-corrected chi connectivity index (χ1v) is 7.83. The van der Waals surface area contributed by atoms with Crippen molar-refractivity contribution >= 4 is 17.5 Å². The summed E-state index contributed by atoms with van der Waals surface area (Å²) in [5.41, 5.74) is 6.86. The largest absolute Gasteiger partial charge is 0.445 e. The van der Waals surface area contributed by atoms with Crippen LogP contribution in [0.25, 0.3) is 0 Å². The third-order valence-electron chi connectivity index (χ3n) is 3.57. The Labute approximate surface area is 141 Å². The molecule has 2 amide bonds. The molecule has 1 heterocycles. The topological polar surface area (TPSA) is 98.2 Å². The average molecular weight is 329 g/mol. The Morgan fingerprint density at radius 3 is 2.33 bits per heavy atom. The summed E-state index contributed by atoms with van der Waals surface area (Å²) in [5, 5.41) is 2.78. The number of oxazole rings is 1. The van der Waals surface area contributed by atoms with Crippen molar-refractivity contribution < 1.29 is 14.0 Å². The fourth-order valence-electron chi connectivity index (χ4n) is 2.15. The summed E-state index contributed by atoms with van der Waals surface area (Å²) in [6.07, 6.45) is 0.775. The van der Waals surface area contributed by atoms with E-state index in [1.54, 1.807) is 24.3 Å². The van der Waals surface area contributed by atoms with Gasteiger partial charge in [-0.05, 0) is 31.2 Å². The van der Waals surface area contributed by atoms with E-state index >= 15 is 0 Å². The molecule has 2 aromatic rings. The lowest BCUT2D eigenvalue weighted by Gasteiger charge is -2.12. The van der Waals surface area contributed by atoms with Gasteiger partial charge in [-0.3, -0.25) is 9.59 Å². The summed E-state index contributed by atoms with van der Waals surface area (Å²) in [5.74, 6) is 0.787. The van der Waals surface area contributed by atoms with E-state index in [-0.39, 0.29) is 17.7 Å². The number of carbonyl (C=O) groups is 2. The molecule has 1 aromatic carbocycles. The summed E-state index contributed by atoms with van der Waals surface area (Å²) < 4.78 is 5.78. The van der Waals surface area contributed by atoms with Gasteiger partial charge in [-0.2, -0.15) is 0 Å². The van der Waals surface area contributed by atoms with Crippen LogP contribution in [0.1, 0.15) is 54.9 Å². The number of benzene rings is 1. The zero-order chi connectivity index (χ0) is 17.9. The molecule has 24 heavy (non-hydrogen) atoms. The van der Waals surface area contributed by atoms with Crippen LogP contribution in [0.2, 0.25) is 0 Å². The molecule has 0 saturated carbocycles. The quantitative estimate of drug-likeness (QED) is 0.881. The Morgan fingerprint density at radius 2 is 1.83 bits per heavy atom. The number of amides is 2. The molecule has 1 aromatic heterocycles. The van der Waals surface area contributed by atoms with Gasteiger partial charge in [-0.15, -0.1) is 0 Å². The third kappa shape index (κ3) is 4.44. The molecular weight excluding hydrogens is 306 g/mol. The smallest absolute Gasteiger partial charge is 0.248 e. The molecule has 0 unspecified atom stereocenters. The molecule has 0 aliphatic rings. The second kappa shape index (κ2) is 6.86. The van der Waals surface area contributed by atoms with Gasteiger partial charge in [-0.1, -0.05) is 20.8 Å².